The topological polar surface area (TPSA) is 94.2 Å². The van der Waals surface area contributed by atoms with Gasteiger partial charge < -0.3 is 24.4 Å². The van der Waals surface area contributed by atoms with Gasteiger partial charge in [-0.2, -0.15) is 0 Å². The third-order valence-electron chi connectivity index (χ3n) is 4.61. The first-order valence-corrected chi connectivity index (χ1v) is 10.7. The molecule has 168 valence electrons. The van der Waals surface area contributed by atoms with Crippen LogP contribution in [0.3, 0.4) is 0 Å². The summed E-state index contributed by atoms with van der Waals surface area (Å²) in [6, 6.07) is 0. The highest BCUT2D eigenvalue weighted by Gasteiger charge is 2.31. The van der Waals surface area contributed by atoms with Crippen LogP contribution in [-0.4, -0.2) is 67.9 Å². The second kappa shape index (κ2) is 12.7. The van der Waals surface area contributed by atoms with Gasteiger partial charge in [-0.1, -0.05) is 0 Å². The molecule has 0 bridgehead atoms. The fourth-order valence-electron chi connectivity index (χ4n) is 3.24. The molecule has 0 aliphatic carbocycles. The standard InChI is InChI=1S/C13H23NO4.C8H15NO2/c1-5-17-11(15)10-7-6-8-14(9-10)12(16)18-13(2,3)4;1-2-11-8(10)7-4-3-5-9-6-7/h10H,5-9H2,1-4H3;7,9H,2-6H2,1H3. The molecule has 0 spiro atoms. The maximum absolute atomic E-state index is 11.9. The summed E-state index contributed by atoms with van der Waals surface area (Å²) in [5, 5.41) is 3.17. The molecule has 2 rings (SSSR count). The van der Waals surface area contributed by atoms with Crippen molar-refractivity contribution in [3.8, 4) is 0 Å². The van der Waals surface area contributed by atoms with Crippen LogP contribution < -0.4 is 5.32 Å². The van der Waals surface area contributed by atoms with Crippen molar-refractivity contribution in [2.75, 3.05) is 39.4 Å². The highest BCUT2D eigenvalue weighted by molar-refractivity contribution is 5.75. The zero-order valence-corrected chi connectivity index (χ0v) is 18.6. The van der Waals surface area contributed by atoms with Gasteiger partial charge in [0.15, 0.2) is 0 Å². The van der Waals surface area contributed by atoms with E-state index in [9.17, 15) is 14.4 Å². The van der Waals surface area contributed by atoms with E-state index in [2.05, 4.69) is 5.32 Å². The molecule has 2 fully saturated rings. The fourth-order valence-corrected chi connectivity index (χ4v) is 3.24. The number of carbonyl (C=O) groups excluding carboxylic acids is 3. The molecule has 8 heteroatoms. The van der Waals surface area contributed by atoms with Crippen LogP contribution in [0.15, 0.2) is 0 Å². The van der Waals surface area contributed by atoms with E-state index in [1.807, 2.05) is 27.7 Å². The minimum Gasteiger partial charge on any atom is -0.466 e. The van der Waals surface area contributed by atoms with Gasteiger partial charge in [-0.25, -0.2) is 4.79 Å². The number of nitrogens with zero attached hydrogens (tertiary/aromatic N) is 1. The first kappa shape index (κ1) is 25.2. The van der Waals surface area contributed by atoms with Crippen LogP contribution in [0.1, 0.15) is 60.3 Å². The minimum atomic E-state index is -0.506. The highest BCUT2D eigenvalue weighted by atomic mass is 16.6. The van der Waals surface area contributed by atoms with Crippen LogP contribution in [0.4, 0.5) is 4.79 Å². The van der Waals surface area contributed by atoms with Crippen LogP contribution in [-0.2, 0) is 23.8 Å². The van der Waals surface area contributed by atoms with E-state index in [1.165, 1.54) is 0 Å². The summed E-state index contributed by atoms with van der Waals surface area (Å²) in [7, 11) is 0. The Morgan fingerprint density at radius 3 is 2.07 bits per heavy atom. The van der Waals surface area contributed by atoms with Gasteiger partial charge in [-0.3, -0.25) is 9.59 Å². The Bertz CT molecular complexity index is 526. The Labute approximate surface area is 174 Å². The van der Waals surface area contributed by atoms with Gasteiger partial charge in [-0.05, 0) is 66.8 Å². The second-order valence-electron chi connectivity index (χ2n) is 8.31. The molecule has 0 aromatic carbocycles. The number of nitrogens with one attached hydrogen (secondary N) is 1. The largest absolute Gasteiger partial charge is 0.466 e. The van der Waals surface area contributed by atoms with E-state index in [0.29, 0.717) is 26.3 Å². The van der Waals surface area contributed by atoms with Crippen molar-refractivity contribution in [1.82, 2.24) is 10.2 Å². The number of hydrogen-bond donors (Lipinski definition) is 1. The average molecular weight is 415 g/mol. The van der Waals surface area contributed by atoms with Gasteiger partial charge in [0.25, 0.3) is 0 Å². The summed E-state index contributed by atoms with van der Waals surface area (Å²) >= 11 is 0. The summed E-state index contributed by atoms with van der Waals surface area (Å²) in [5.41, 5.74) is -0.506. The van der Waals surface area contributed by atoms with Gasteiger partial charge in [0.05, 0.1) is 25.0 Å². The normalized spacial score (nSPS) is 22.0. The number of piperidine rings is 2. The summed E-state index contributed by atoms with van der Waals surface area (Å²) in [6.45, 7) is 12.9. The molecular weight excluding hydrogens is 376 g/mol. The lowest BCUT2D eigenvalue weighted by Crippen LogP contribution is -2.45. The molecule has 29 heavy (non-hydrogen) atoms. The zero-order valence-electron chi connectivity index (χ0n) is 18.6. The molecule has 2 aliphatic rings. The van der Waals surface area contributed by atoms with Crippen molar-refractivity contribution in [3.05, 3.63) is 0 Å². The molecule has 0 aromatic heterocycles. The van der Waals surface area contributed by atoms with E-state index < -0.39 is 5.60 Å². The smallest absolute Gasteiger partial charge is 0.410 e. The van der Waals surface area contributed by atoms with Gasteiger partial charge in [-0.15, -0.1) is 0 Å². The van der Waals surface area contributed by atoms with Crippen LogP contribution in [0.5, 0.6) is 0 Å². The van der Waals surface area contributed by atoms with Gasteiger partial charge in [0.1, 0.15) is 5.60 Å². The van der Waals surface area contributed by atoms with Crippen molar-refractivity contribution in [1.29, 1.82) is 0 Å². The van der Waals surface area contributed by atoms with Crippen LogP contribution >= 0.6 is 0 Å². The molecule has 0 aromatic rings. The Morgan fingerprint density at radius 2 is 1.55 bits per heavy atom. The molecule has 1 amide bonds. The molecule has 2 heterocycles. The molecule has 0 saturated carbocycles. The summed E-state index contributed by atoms with van der Waals surface area (Å²) < 4.78 is 15.2. The molecular formula is C21H38N2O6. The third-order valence-corrected chi connectivity index (χ3v) is 4.61. The van der Waals surface area contributed by atoms with Crippen molar-refractivity contribution in [3.63, 3.8) is 0 Å². The molecule has 0 radical (unpaired) electrons. The minimum absolute atomic E-state index is 0.0419. The van der Waals surface area contributed by atoms with Crippen molar-refractivity contribution in [2.24, 2.45) is 11.8 Å². The number of amides is 1. The molecule has 2 saturated heterocycles. The van der Waals surface area contributed by atoms with Gasteiger partial charge in [0.2, 0.25) is 0 Å². The first-order chi connectivity index (χ1) is 13.7. The summed E-state index contributed by atoms with van der Waals surface area (Å²) in [6.07, 6.45) is 3.30. The van der Waals surface area contributed by atoms with Crippen molar-refractivity contribution < 1.29 is 28.6 Å². The SMILES string of the molecule is CCOC(=O)C1CCCN(C(=O)OC(C)(C)C)C1.CCOC(=O)C1CCCNC1. The van der Waals surface area contributed by atoms with E-state index in [-0.39, 0.29) is 29.9 Å². The Kier molecular flexibility index (Phi) is 11.0. The Balaban J connectivity index is 0.000000326. The molecule has 2 unspecified atom stereocenters. The van der Waals surface area contributed by atoms with Crippen LogP contribution in [0.25, 0.3) is 0 Å². The maximum Gasteiger partial charge on any atom is 0.410 e. The third kappa shape index (κ3) is 9.96. The fraction of sp³-hybridized carbons (Fsp3) is 0.857. The van der Waals surface area contributed by atoms with Gasteiger partial charge >= 0.3 is 18.0 Å². The molecule has 1 N–H and O–H groups in total. The Hall–Kier alpha value is -1.83. The van der Waals surface area contributed by atoms with Crippen molar-refractivity contribution >= 4 is 18.0 Å². The van der Waals surface area contributed by atoms with Crippen molar-refractivity contribution in [2.45, 2.75) is 65.9 Å². The number of carbonyl (C=O) groups is 3. The number of hydrogen-bond acceptors (Lipinski definition) is 7. The Morgan fingerprint density at radius 1 is 0.966 bits per heavy atom. The quantitative estimate of drug-likeness (QED) is 0.558. The predicted octanol–water partition coefficient (Wildman–Crippen LogP) is 2.75. The molecule has 2 atom stereocenters. The lowest BCUT2D eigenvalue weighted by molar-refractivity contribution is -0.150. The predicted molar refractivity (Wildman–Crippen MR) is 109 cm³/mol. The average Bonchev–Trinajstić information content (AvgIpc) is 2.68. The maximum atomic E-state index is 11.9. The second-order valence-corrected chi connectivity index (χ2v) is 8.31. The monoisotopic (exact) mass is 414 g/mol. The first-order valence-electron chi connectivity index (χ1n) is 10.7. The lowest BCUT2D eigenvalue weighted by atomic mass is 9.98. The number of ether oxygens (including phenoxy) is 3. The van der Waals surface area contributed by atoms with E-state index in [0.717, 1.165) is 38.8 Å². The van der Waals surface area contributed by atoms with Gasteiger partial charge in [0, 0.05) is 19.6 Å². The molecule has 8 nitrogen and oxygen atoms in total. The van der Waals surface area contributed by atoms with E-state index in [4.69, 9.17) is 14.2 Å². The zero-order chi connectivity index (χ0) is 21.9. The van der Waals surface area contributed by atoms with E-state index in [1.54, 1.807) is 11.8 Å². The van der Waals surface area contributed by atoms with E-state index >= 15 is 0 Å². The van der Waals surface area contributed by atoms with Crippen LogP contribution in [0.2, 0.25) is 0 Å². The summed E-state index contributed by atoms with van der Waals surface area (Å²) in [4.78, 5) is 36.3. The van der Waals surface area contributed by atoms with Crippen LogP contribution in [0, 0.1) is 11.8 Å². The number of esters is 2. The lowest BCUT2D eigenvalue weighted by Gasteiger charge is -2.33. The molecule has 2 aliphatic heterocycles. The highest BCUT2D eigenvalue weighted by Crippen LogP contribution is 2.20. The summed E-state index contributed by atoms with van der Waals surface area (Å²) in [5.74, 6) is -0.375. The number of rotatable bonds is 4. The number of likely N-dealkylation sites (tertiary alicyclic amines) is 1.